The first kappa shape index (κ1) is 25.0. The summed E-state index contributed by atoms with van der Waals surface area (Å²) in [5, 5.41) is 15.6. The first-order chi connectivity index (χ1) is 15.5. The quantitative estimate of drug-likeness (QED) is 0.253. The number of hydroxylamine groups is 2. The SMILES string of the molecule is COC(=O)C(C)N1C(=S)N(c2ccc(Cl)cc2)C(N(O)C(=O)Nc2ccc(Cl)cc2)C1(C)C. The highest BCUT2D eigenvalue weighted by molar-refractivity contribution is 7.80. The summed E-state index contributed by atoms with van der Waals surface area (Å²) < 4.78 is 4.91. The van der Waals surface area contributed by atoms with Crippen LogP contribution < -0.4 is 10.2 Å². The van der Waals surface area contributed by atoms with Crippen molar-refractivity contribution in [1.82, 2.24) is 9.96 Å². The first-order valence-corrected chi connectivity index (χ1v) is 11.2. The predicted octanol–water partition coefficient (Wildman–Crippen LogP) is 4.99. The Hall–Kier alpha value is -2.59. The smallest absolute Gasteiger partial charge is 0.347 e. The molecule has 0 aromatic heterocycles. The number of methoxy groups -OCH3 is 1. The van der Waals surface area contributed by atoms with Crippen LogP contribution in [0.25, 0.3) is 0 Å². The fourth-order valence-corrected chi connectivity index (χ4v) is 4.79. The molecule has 33 heavy (non-hydrogen) atoms. The summed E-state index contributed by atoms with van der Waals surface area (Å²) in [6, 6.07) is 11.7. The van der Waals surface area contributed by atoms with Crippen molar-refractivity contribution in [3.8, 4) is 0 Å². The van der Waals surface area contributed by atoms with Gasteiger partial charge in [0.25, 0.3) is 0 Å². The maximum Gasteiger partial charge on any atom is 0.347 e. The van der Waals surface area contributed by atoms with Crippen molar-refractivity contribution in [2.45, 2.75) is 38.5 Å². The van der Waals surface area contributed by atoms with Gasteiger partial charge in [-0.3, -0.25) is 10.1 Å². The molecule has 0 radical (unpaired) electrons. The second-order valence-corrected chi connectivity index (χ2v) is 9.25. The number of ether oxygens (including phenoxy) is 1. The number of nitrogens with zero attached hydrogens (tertiary/aromatic N) is 3. The molecule has 0 saturated carbocycles. The van der Waals surface area contributed by atoms with Crippen LogP contribution >= 0.6 is 35.4 Å². The van der Waals surface area contributed by atoms with E-state index < -0.39 is 29.7 Å². The van der Waals surface area contributed by atoms with E-state index in [1.165, 1.54) is 7.11 Å². The Labute approximate surface area is 207 Å². The van der Waals surface area contributed by atoms with E-state index in [4.69, 9.17) is 40.2 Å². The van der Waals surface area contributed by atoms with Crippen molar-refractivity contribution in [1.29, 1.82) is 0 Å². The lowest BCUT2D eigenvalue weighted by Gasteiger charge is -2.40. The van der Waals surface area contributed by atoms with Crippen molar-refractivity contribution in [3.63, 3.8) is 0 Å². The van der Waals surface area contributed by atoms with Crippen LogP contribution in [0.1, 0.15) is 20.8 Å². The molecule has 0 bridgehead atoms. The Morgan fingerprint density at radius 2 is 1.64 bits per heavy atom. The van der Waals surface area contributed by atoms with Crippen LogP contribution in [0.5, 0.6) is 0 Å². The predicted molar refractivity (Wildman–Crippen MR) is 132 cm³/mol. The van der Waals surface area contributed by atoms with Gasteiger partial charge in [-0.05, 0) is 81.5 Å². The fourth-order valence-electron chi connectivity index (χ4n) is 3.94. The number of esters is 1. The van der Waals surface area contributed by atoms with Gasteiger partial charge in [0, 0.05) is 21.4 Å². The highest BCUT2D eigenvalue weighted by Crippen LogP contribution is 2.40. The summed E-state index contributed by atoms with van der Waals surface area (Å²) in [7, 11) is 1.29. The van der Waals surface area contributed by atoms with Crippen LogP contribution in [-0.2, 0) is 9.53 Å². The van der Waals surface area contributed by atoms with Gasteiger partial charge in [-0.2, -0.15) is 5.06 Å². The normalized spacial score (nSPS) is 18.2. The van der Waals surface area contributed by atoms with Gasteiger partial charge < -0.3 is 15.0 Å². The number of rotatable bonds is 5. The van der Waals surface area contributed by atoms with Crippen molar-refractivity contribution in [2.24, 2.45) is 0 Å². The number of benzene rings is 2. The van der Waals surface area contributed by atoms with E-state index in [9.17, 15) is 14.8 Å². The van der Waals surface area contributed by atoms with E-state index in [0.29, 0.717) is 26.5 Å². The summed E-state index contributed by atoms with van der Waals surface area (Å²) in [4.78, 5) is 28.6. The zero-order chi connectivity index (χ0) is 24.5. The number of anilines is 2. The van der Waals surface area contributed by atoms with Crippen molar-refractivity contribution >= 4 is 63.9 Å². The maximum absolute atomic E-state index is 13.0. The maximum atomic E-state index is 13.0. The summed E-state index contributed by atoms with van der Waals surface area (Å²) in [6.07, 6.45) is -0.995. The molecule has 2 aromatic carbocycles. The molecule has 2 aromatic rings. The molecule has 11 heteroatoms. The molecule has 1 heterocycles. The number of carbonyl (C=O) groups is 2. The lowest BCUT2D eigenvalue weighted by molar-refractivity contribution is -0.148. The van der Waals surface area contributed by atoms with Crippen molar-refractivity contribution in [2.75, 3.05) is 17.3 Å². The van der Waals surface area contributed by atoms with Crippen LogP contribution in [-0.4, -0.2) is 57.1 Å². The van der Waals surface area contributed by atoms with Gasteiger partial charge in [-0.15, -0.1) is 0 Å². The minimum absolute atomic E-state index is 0.239. The molecule has 2 unspecified atom stereocenters. The number of nitrogens with one attached hydrogen (secondary N) is 1. The van der Waals surface area contributed by atoms with Crippen LogP contribution in [0, 0.1) is 0 Å². The van der Waals surface area contributed by atoms with Crippen molar-refractivity contribution in [3.05, 3.63) is 58.6 Å². The van der Waals surface area contributed by atoms with Crippen LogP contribution in [0.4, 0.5) is 16.2 Å². The van der Waals surface area contributed by atoms with Gasteiger partial charge in [0.15, 0.2) is 11.3 Å². The largest absolute Gasteiger partial charge is 0.467 e. The molecule has 2 N–H and O–H groups in total. The number of amides is 2. The summed E-state index contributed by atoms with van der Waals surface area (Å²) in [6.45, 7) is 5.20. The third kappa shape index (κ3) is 4.86. The third-order valence-electron chi connectivity index (χ3n) is 5.48. The number of urea groups is 1. The van der Waals surface area contributed by atoms with E-state index in [1.54, 1.807) is 79.1 Å². The lowest BCUT2D eigenvalue weighted by Crippen LogP contribution is -2.59. The molecule has 2 atom stereocenters. The zero-order valence-corrected chi connectivity index (χ0v) is 20.8. The number of carbonyl (C=O) groups excluding carboxylic acids is 2. The number of hydrogen-bond donors (Lipinski definition) is 2. The van der Waals surface area contributed by atoms with E-state index in [1.807, 2.05) is 0 Å². The van der Waals surface area contributed by atoms with Crippen LogP contribution in [0.2, 0.25) is 10.0 Å². The molecule has 3 rings (SSSR count). The van der Waals surface area contributed by atoms with E-state index in [-0.39, 0.29) is 5.11 Å². The molecule has 8 nitrogen and oxygen atoms in total. The Balaban J connectivity index is 2.02. The average molecular weight is 511 g/mol. The summed E-state index contributed by atoms with van der Waals surface area (Å²) in [5.41, 5.74) is 0.0243. The number of thiocarbonyl (C=S) groups is 1. The number of halogens is 2. The number of hydrogen-bond acceptors (Lipinski definition) is 5. The van der Waals surface area contributed by atoms with E-state index in [2.05, 4.69) is 5.32 Å². The van der Waals surface area contributed by atoms with Crippen molar-refractivity contribution < 1.29 is 19.5 Å². The second kappa shape index (κ2) is 9.72. The van der Waals surface area contributed by atoms with Gasteiger partial charge >= 0.3 is 12.0 Å². The van der Waals surface area contributed by atoms with E-state index in [0.717, 1.165) is 0 Å². The molecule has 1 saturated heterocycles. The van der Waals surface area contributed by atoms with Gasteiger partial charge in [-0.1, -0.05) is 23.2 Å². The molecule has 2 amide bonds. The molecule has 1 aliphatic heterocycles. The lowest BCUT2D eigenvalue weighted by atomic mass is 9.98. The minimum atomic E-state index is -1.00. The Bertz CT molecular complexity index is 1050. The topological polar surface area (TPSA) is 85.3 Å². The fraction of sp³-hybridized carbons (Fsp3) is 0.318. The van der Waals surface area contributed by atoms with Gasteiger partial charge in [0.1, 0.15) is 6.04 Å². The zero-order valence-electron chi connectivity index (χ0n) is 18.5. The molecule has 1 fully saturated rings. The average Bonchev–Trinajstić information content (AvgIpc) is 2.99. The molecule has 1 aliphatic rings. The van der Waals surface area contributed by atoms with Gasteiger partial charge in [-0.25, -0.2) is 9.59 Å². The summed E-state index contributed by atoms with van der Waals surface area (Å²) in [5.74, 6) is -0.503. The molecule has 0 spiro atoms. The molecular formula is C22H24Cl2N4O4S. The second-order valence-electron chi connectivity index (χ2n) is 8.01. The summed E-state index contributed by atoms with van der Waals surface area (Å²) >= 11 is 17.7. The van der Waals surface area contributed by atoms with Crippen LogP contribution in [0.3, 0.4) is 0 Å². The third-order valence-corrected chi connectivity index (χ3v) is 6.38. The van der Waals surface area contributed by atoms with Crippen LogP contribution in [0.15, 0.2) is 48.5 Å². The van der Waals surface area contributed by atoms with E-state index >= 15 is 0 Å². The Morgan fingerprint density at radius 3 is 2.15 bits per heavy atom. The molecule has 0 aliphatic carbocycles. The standard InChI is InChI=1S/C22H24Cl2N4O4S/c1-13(18(29)32-4)27-21(33)26(17-11-7-15(24)8-12-17)19(22(27,2)3)28(31)20(30)25-16-9-5-14(23)6-10-16/h5-13,19,31H,1-4H3,(H,25,30). The minimum Gasteiger partial charge on any atom is -0.467 e. The molecule has 176 valence electrons. The monoisotopic (exact) mass is 510 g/mol. The molecular weight excluding hydrogens is 487 g/mol. The highest BCUT2D eigenvalue weighted by Gasteiger charge is 2.56. The van der Waals surface area contributed by atoms with Gasteiger partial charge in [0.05, 0.1) is 12.6 Å². The Morgan fingerprint density at radius 1 is 1.12 bits per heavy atom. The Kier molecular flexibility index (Phi) is 7.38. The van der Waals surface area contributed by atoms with Gasteiger partial charge in [0.2, 0.25) is 0 Å². The highest BCUT2D eigenvalue weighted by atomic mass is 35.5. The first-order valence-electron chi connectivity index (χ1n) is 9.99.